The predicted octanol–water partition coefficient (Wildman–Crippen LogP) is 3.14. The second kappa shape index (κ2) is 15.2. The van der Waals surface area contributed by atoms with E-state index in [4.69, 9.17) is 11.1 Å². The smallest absolute Gasteiger partial charge is 0.386 e. The summed E-state index contributed by atoms with van der Waals surface area (Å²) in [5, 5.41) is 12.4. The zero-order valence-corrected chi connectivity index (χ0v) is 25.8. The number of hydrogen-bond donors (Lipinski definition) is 4. The van der Waals surface area contributed by atoms with E-state index in [0.29, 0.717) is 16.7 Å². The number of anilines is 1. The van der Waals surface area contributed by atoms with Gasteiger partial charge in [0.2, 0.25) is 5.91 Å². The summed E-state index contributed by atoms with van der Waals surface area (Å²) in [6.07, 6.45) is -6.06. The highest BCUT2D eigenvalue weighted by atomic mass is 19.4. The van der Waals surface area contributed by atoms with Gasteiger partial charge < -0.3 is 30.9 Å². The third kappa shape index (κ3) is 8.54. The van der Waals surface area contributed by atoms with Crippen LogP contribution in [0.4, 0.5) is 18.9 Å². The Balaban J connectivity index is 1.75. The summed E-state index contributed by atoms with van der Waals surface area (Å²) >= 11 is 0. The maximum Gasteiger partial charge on any atom is 0.491 e. The topological polar surface area (TPSA) is 175 Å². The van der Waals surface area contributed by atoms with E-state index in [1.807, 2.05) is 0 Å². The van der Waals surface area contributed by atoms with Gasteiger partial charge in [-0.1, -0.05) is 66.7 Å². The van der Waals surface area contributed by atoms with Gasteiger partial charge in [0.15, 0.2) is 5.96 Å². The Morgan fingerprint density at radius 3 is 2.21 bits per heavy atom. The molecule has 3 aromatic rings. The number of guanidine groups is 1. The molecule has 48 heavy (non-hydrogen) atoms. The lowest BCUT2D eigenvalue weighted by Gasteiger charge is -2.36. The van der Waals surface area contributed by atoms with Gasteiger partial charge >= 0.3 is 18.1 Å². The zero-order chi connectivity index (χ0) is 35.0. The first-order valence-electron chi connectivity index (χ1n) is 14.8. The Labute approximate surface area is 273 Å². The van der Waals surface area contributed by atoms with E-state index < -0.39 is 48.4 Å². The summed E-state index contributed by atoms with van der Waals surface area (Å²) in [7, 11) is 1.48. The SMILES string of the molecule is CN1C(=O)C(c2ccccc2)N(C(CC(=O)OC(=O)C(F)(F)F)c2ccccc2)C(=O)c2cc(CCC(=O)NCCNC(=N)N)ccc21. The molecule has 12 nitrogen and oxygen atoms in total. The fourth-order valence-electron chi connectivity index (χ4n) is 5.30. The third-order valence-electron chi connectivity index (χ3n) is 7.57. The molecule has 3 aromatic carbocycles. The number of esters is 2. The van der Waals surface area contributed by atoms with Crippen molar-refractivity contribution in [3.05, 3.63) is 101 Å². The van der Waals surface area contributed by atoms with Crippen LogP contribution in [0.25, 0.3) is 0 Å². The normalized spacial score (nSPS) is 15.2. The van der Waals surface area contributed by atoms with Crippen LogP contribution in [0.2, 0.25) is 0 Å². The number of nitrogens with zero attached hydrogens (tertiary/aromatic N) is 2. The second-order valence-corrected chi connectivity index (χ2v) is 10.9. The summed E-state index contributed by atoms with van der Waals surface area (Å²) in [6.45, 7) is 0.482. The largest absolute Gasteiger partial charge is 0.491 e. The molecule has 0 fully saturated rings. The number of rotatable bonds is 11. The molecule has 5 N–H and O–H groups in total. The summed E-state index contributed by atoms with van der Waals surface area (Å²) in [4.78, 5) is 68.0. The van der Waals surface area contributed by atoms with Gasteiger partial charge in [0.05, 0.1) is 23.7 Å². The van der Waals surface area contributed by atoms with E-state index in [0.717, 1.165) is 4.90 Å². The Morgan fingerprint density at radius 1 is 0.958 bits per heavy atom. The monoisotopic (exact) mass is 666 g/mol. The first-order valence-corrected chi connectivity index (χ1v) is 14.8. The van der Waals surface area contributed by atoms with Crippen LogP contribution in [0, 0.1) is 5.41 Å². The Bertz CT molecular complexity index is 1690. The van der Waals surface area contributed by atoms with Crippen molar-refractivity contribution in [3.63, 3.8) is 0 Å². The van der Waals surface area contributed by atoms with Crippen molar-refractivity contribution >= 4 is 41.3 Å². The molecule has 0 saturated heterocycles. The molecule has 1 aliphatic rings. The van der Waals surface area contributed by atoms with E-state index in [1.165, 1.54) is 18.0 Å². The maximum absolute atomic E-state index is 14.6. The number of carbonyl (C=O) groups excluding carboxylic acids is 5. The molecule has 0 saturated carbocycles. The van der Waals surface area contributed by atoms with E-state index >= 15 is 0 Å². The lowest BCUT2D eigenvalue weighted by atomic mass is 9.95. The number of halogens is 3. The molecule has 0 radical (unpaired) electrons. The van der Waals surface area contributed by atoms with Crippen molar-refractivity contribution in [3.8, 4) is 0 Å². The number of hydrogen-bond acceptors (Lipinski definition) is 7. The molecular formula is C33H33F3N6O6. The molecule has 1 heterocycles. The van der Waals surface area contributed by atoms with Gasteiger partial charge in [0.25, 0.3) is 11.8 Å². The van der Waals surface area contributed by atoms with Gasteiger partial charge in [-0.3, -0.25) is 24.6 Å². The minimum atomic E-state index is -5.43. The van der Waals surface area contributed by atoms with Crippen molar-refractivity contribution in [2.45, 2.75) is 37.5 Å². The van der Waals surface area contributed by atoms with Crippen molar-refractivity contribution < 1.29 is 41.9 Å². The molecule has 252 valence electrons. The molecule has 2 atom stereocenters. The van der Waals surface area contributed by atoms with Gasteiger partial charge in [-0.25, -0.2) is 4.79 Å². The van der Waals surface area contributed by atoms with Crippen molar-refractivity contribution in [1.29, 1.82) is 5.41 Å². The average Bonchev–Trinajstić information content (AvgIpc) is 3.13. The molecule has 15 heteroatoms. The Hall–Kier alpha value is -5.73. The van der Waals surface area contributed by atoms with E-state index in [2.05, 4.69) is 15.4 Å². The summed E-state index contributed by atoms with van der Waals surface area (Å²) in [5.74, 6) is -6.06. The molecule has 2 unspecified atom stereocenters. The lowest BCUT2D eigenvalue weighted by molar-refractivity contribution is -0.202. The molecule has 1 aliphatic heterocycles. The molecule has 0 spiro atoms. The zero-order valence-electron chi connectivity index (χ0n) is 25.8. The number of likely N-dealkylation sites (N-methyl/N-ethyl adjacent to an activating group) is 1. The van der Waals surface area contributed by atoms with Crippen molar-refractivity contribution in [2.24, 2.45) is 5.73 Å². The van der Waals surface area contributed by atoms with Gasteiger partial charge in [0, 0.05) is 26.6 Å². The number of alkyl halides is 3. The minimum absolute atomic E-state index is 0.0455. The van der Waals surface area contributed by atoms with Crippen LogP contribution in [-0.4, -0.2) is 66.8 Å². The fraction of sp³-hybridized carbons (Fsp3) is 0.273. The number of aryl methyl sites for hydroxylation is 1. The van der Waals surface area contributed by atoms with Crippen molar-refractivity contribution in [2.75, 3.05) is 25.0 Å². The van der Waals surface area contributed by atoms with Crippen molar-refractivity contribution in [1.82, 2.24) is 15.5 Å². The maximum atomic E-state index is 14.6. The van der Waals surface area contributed by atoms with Crippen LogP contribution in [0.3, 0.4) is 0 Å². The average molecular weight is 667 g/mol. The van der Waals surface area contributed by atoms with Gasteiger partial charge in [-0.15, -0.1) is 0 Å². The molecule has 4 rings (SSSR count). The number of ether oxygens (including phenoxy) is 1. The van der Waals surface area contributed by atoms with Crippen LogP contribution in [0.5, 0.6) is 0 Å². The van der Waals surface area contributed by atoms with Crippen LogP contribution < -0.4 is 21.3 Å². The number of benzene rings is 3. The molecule has 0 aromatic heterocycles. The molecule has 3 amide bonds. The number of nitrogens with two attached hydrogens (primary N) is 1. The molecule has 0 aliphatic carbocycles. The highest BCUT2D eigenvalue weighted by Crippen LogP contribution is 2.41. The van der Waals surface area contributed by atoms with Crippen LogP contribution >= 0.6 is 0 Å². The first kappa shape index (κ1) is 35.1. The van der Waals surface area contributed by atoms with Crippen LogP contribution in [0.1, 0.15) is 52.0 Å². The second-order valence-electron chi connectivity index (χ2n) is 10.9. The van der Waals surface area contributed by atoms with Gasteiger partial charge in [-0.05, 0) is 35.2 Å². The van der Waals surface area contributed by atoms with E-state index in [-0.39, 0.29) is 49.0 Å². The van der Waals surface area contributed by atoms with Gasteiger partial charge in [-0.2, -0.15) is 13.2 Å². The van der Waals surface area contributed by atoms with E-state index in [9.17, 15) is 37.1 Å². The molecule has 0 bridgehead atoms. The lowest BCUT2D eigenvalue weighted by Crippen LogP contribution is -2.44. The Kier molecular flexibility index (Phi) is 11.2. The van der Waals surface area contributed by atoms with Crippen LogP contribution in [-0.2, 0) is 30.3 Å². The number of carbonyl (C=O) groups is 5. The minimum Gasteiger partial charge on any atom is -0.386 e. The third-order valence-corrected chi connectivity index (χ3v) is 7.57. The predicted molar refractivity (Wildman–Crippen MR) is 167 cm³/mol. The quantitative estimate of drug-likeness (QED) is 0.0794. The first-order chi connectivity index (χ1) is 22.8. The summed E-state index contributed by atoms with van der Waals surface area (Å²) < 4.78 is 43.0. The molecular weight excluding hydrogens is 633 g/mol. The summed E-state index contributed by atoms with van der Waals surface area (Å²) in [5.41, 5.74) is 6.75. The summed E-state index contributed by atoms with van der Waals surface area (Å²) in [6, 6.07) is 18.2. The highest BCUT2D eigenvalue weighted by molar-refractivity contribution is 6.11. The number of amides is 3. The standard InChI is InChI=1S/C33H33F3N6O6/c1-41-24-14-12-20(13-15-26(43)39-16-17-40-32(37)38)18-23(24)29(45)42(28(30(41)46)22-10-6-3-7-11-22)25(21-8-4-2-5-9-21)19-27(44)48-31(47)33(34,35)36/h2-12,14,18,25,28H,13,15-17,19H2,1H3,(H,39,43)(H4,37,38,40). The number of nitrogens with one attached hydrogen (secondary N) is 3. The highest BCUT2D eigenvalue weighted by Gasteiger charge is 2.46. The number of fused-ring (bicyclic) bond motifs is 1. The van der Waals surface area contributed by atoms with Crippen LogP contribution in [0.15, 0.2) is 78.9 Å². The van der Waals surface area contributed by atoms with E-state index in [1.54, 1.807) is 72.8 Å². The fourth-order valence-corrected chi connectivity index (χ4v) is 5.30. The Morgan fingerprint density at radius 2 is 1.58 bits per heavy atom. The van der Waals surface area contributed by atoms with Gasteiger partial charge in [0.1, 0.15) is 6.04 Å².